The van der Waals surface area contributed by atoms with E-state index in [1.807, 2.05) is 0 Å². The summed E-state index contributed by atoms with van der Waals surface area (Å²) < 4.78 is 9.05. The summed E-state index contributed by atoms with van der Waals surface area (Å²) in [6.07, 6.45) is 0. The first-order valence-electron chi connectivity index (χ1n) is 3.00. The van der Waals surface area contributed by atoms with Crippen LogP contribution in [0.4, 0.5) is 0 Å². The lowest BCUT2D eigenvalue weighted by Gasteiger charge is -2.02. The molecule has 0 saturated heterocycles. The highest BCUT2D eigenvalue weighted by Crippen LogP contribution is 1.90. The van der Waals surface area contributed by atoms with Gasteiger partial charge in [-0.2, -0.15) is 0 Å². The first kappa shape index (κ1) is 9.90. The fraction of sp³-hybridized carbons (Fsp3) is 0.333. The van der Waals surface area contributed by atoms with Crippen molar-refractivity contribution < 1.29 is 18.4 Å². The van der Waals surface area contributed by atoms with E-state index < -0.39 is 21.9 Å². The lowest BCUT2D eigenvalue weighted by atomic mass is 10.4. The summed E-state index contributed by atoms with van der Waals surface area (Å²) >= 11 is 0. The van der Waals surface area contributed by atoms with Crippen molar-refractivity contribution in [2.24, 2.45) is 0 Å². The summed E-state index contributed by atoms with van der Waals surface area (Å²) in [5, 5.41) is 0. The molecule has 0 saturated carbocycles. The van der Waals surface area contributed by atoms with Crippen molar-refractivity contribution in [1.29, 1.82) is 0 Å². The van der Waals surface area contributed by atoms with Gasteiger partial charge < -0.3 is 8.85 Å². The van der Waals surface area contributed by atoms with Crippen molar-refractivity contribution in [3.63, 3.8) is 0 Å². The van der Waals surface area contributed by atoms with E-state index in [1.165, 1.54) is 13.8 Å². The third-order valence-electron chi connectivity index (χ3n) is 0.801. The first-order valence-corrected chi connectivity index (χ1v) is 4.15. The van der Waals surface area contributed by atoms with Crippen LogP contribution in [0.25, 0.3) is 0 Å². The molecule has 0 N–H and O–H groups in total. The largest absolute Gasteiger partial charge is 0.490 e. The van der Waals surface area contributed by atoms with E-state index in [0.29, 0.717) is 5.57 Å². The van der Waals surface area contributed by atoms with Gasteiger partial charge in [-0.15, -0.1) is 0 Å². The summed E-state index contributed by atoms with van der Waals surface area (Å²) in [6.45, 7) is 6.16. The van der Waals surface area contributed by atoms with Crippen molar-refractivity contribution >= 4 is 21.9 Å². The lowest BCUT2D eigenvalue weighted by molar-refractivity contribution is -0.135. The smallest absolute Gasteiger partial charge is 0.432 e. The number of hydrogen-bond donors (Lipinski definition) is 0. The van der Waals surface area contributed by atoms with E-state index >= 15 is 0 Å². The number of carbonyl (C=O) groups excluding carboxylic acids is 2. The van der Waals surface area contributed by atoms with Crippen LogP contribution in [0, 0.1) is 0 Å². The maximum Gasteiger partial charge on any atom is 0.432 e. The first-order chi connectivity index (χ1) is 5.04. The molecule has 62 valence electrons. The topological polar surface area (TPSA) is 52.6 Å². The van der Waals surface area contributed by atoms with Gasteiger partial charge in [0.1, 0.15) is 0 Å². The summed E-state index contributed by atoms with van der Waals surface area (Å²) in [5.41, 5.74) is 0.310. The molecule has 0 aliphatic rings. The molecule has 0 atom stereocenters. The highest BCUT2D eigenvalue weighted by atomic mass is 28.3. The normalized spacial score (nSPS) is 9.64. The monoisotopic (exact) mass is 174 g/mol. The average molecular weight is 174 g/mol. The number of rotatable bonds is 3. The number of hydrogen-bond acceptors (Lipinski definition) is 4. The van der Waals surface area contributed by atoms with Gasteiger partial charge in [0, 0.05) is 12.5 Å². The highest BCUT2D eigenvalue weighted by Gasteiger charge is 2.03. The van der Waals surface area contributed by atoms with Crippen LogP contribution in [0.15, 0.2) is 12.2 Å². The second-order valence-corrected chi connectivity index (χ2v) is 2.78. The molecular weight excluding hydrogens is 164 g/mol. The van der Waals surface area contributed by atoms with Gasteiger partial charge in [-0.25, -0.2) is 4.79 Å². The zero-order chi connectivity index (χ0) is 8.85. The van der Waals surface area contributed by atoms with E-state index in [0.717, 1.165) is 0 Å². The quantitative estimate of drug-likeness (QED) is 0.434. The van der Waals surface area contributed by atoms with Crippen LogP contribution in [-0.4, -0.2) is 21.9 Å². The Morgan fingerprint density at radius 1 is 1.27 bits per heavy atom. The van der Waals surface area contributed by atoms with Crippen LogP contribution in [-0.2, 0) is 18.4 Å². The predicted molar refractivity (Wildman–Crippen MR) is 41.2 cm³/mol. The van der Waals surface area contributed by atoms with Gasteiger partial charge in [-0.1, -0.05) is 6.58 Å². The maximum atomic E-state index is 10.6. The molecule has 0 unspecified atom stereocenters. The van der Waals surface area contributed by atoms with Crippen LogP contribution >= 0.6 is 0 Å². The molecule has 0 spiro atoms. The molecule has 11 heavy (non-hydrogen) atoms. The molecule has 0 radical (unpaired) electrons. The molecule has 0 amide bonds. The fourth-order valence-corrected chi connectivity index (χ4v) is 0.867. The molecule has 0 heterocycles. The summed E-state index contributed by atoms with van der Waals surface area (Å²) in [6, 6.07) is 0. The van der Waals surface area contributed by atoms with Gasteiger partial charge in [0.15, 0.2) is 0 Å². The lowest BCUT2D eigenvalue weighted by Crippen LogP contribution is -2.14. The molecule has 0 aromatic carbocycles. The Bertz CT molecular complexity index is 187. The van der Waals surface area contributed by atoms with Crippen molar-refractivity contribution in [1.82, 2.24) is 0 Å². The molecule has 0 aromatic rings. The zero-order valence-corrected chi connectivity index (χ0v) is 7.96. The Hall–Kier alpha value is -1.10. The van der Waals surface area contributed by atoms with E-state index in [1.54, 1.807) is 0 Å². The maximum absolute atomic E-state index is 10.6. The van der Waals surface area contributed by atoms with E-state index in [-0.39, 0.29) is 0 Å². The molecule has 4 nitrogen and oxygen atoms in total. The van der Waals surface area contributed by atoms with Crippen LogP contribution < -0.4 is 0 Å². The zero-order valence-electron chi connectivity index (χ0n) is 6.55. The van der Waals surface area contributed by atoms with Gasteiger partial charge in [-0.05, 0) is 6.92 Å². The summed E-state index contributed by atoms with van der Waals surface area (Å²) in [4.78, 5) is 20.8. The Balaban J connectivity index is 3.47. The van der Waals surface area contributed by atoms with Gasteiger partial charge in [0.05, 0.1) is 0 Å². The minimum absolute atomic E-state index is 0.310. The van der Waals surface area contributed by atoms with Crippen LogP contribution in [0.2, 0.25) is 0 Å². The van der Waals surface area contributed by atoms with Crippen molar-refractivity contribution in [3.05, 3.63) is 12.2 Å². The van der Waals surface area contributed by atoms with Crippen molar-refractivity contribution in [2.75, 3.05) is 0 Å². The Kier molecular flexibility index (Phi) is 4.20. The Morgan fingerprint density at radius 3 is 2.18 bits per heavy atom. The summed E-state index contributed by atoms with van der Waals surface area (Å²) in [5.74, 6) is -0.927. The molecule has 0 bridgehead atoms. The molecule has 0 rings (SSSR count). The van der Waals surface area contributed by atoms with Gasteiger partial charge in [0.2, 0.25) is 0 Å². The van der Waals surface area contributed by atoms with E-state index in [2.05, 4.69) is 15.4 Å². The molecule has 0 aromatic heterocycles. The third kappa shape index (κ3) is 5.35. The predicted octanol–water partition coefficient (Wildman–Crippen LogP) is -0.332. The molecule has 5 heteroatoms. The van der Waals surface area contributed by atoms with Crippen LogP contribution in [0.1, 0.15) is 13.8 Å². The van der Waals surface area contributed by atoms with Crippen molar-refractivity contribution in [3.8, 4) is 0 Å². The van der Waals surface area contributed by atoms with Crippen LogP contribution in [0.3, 0.4) is 0 Å². The Labute approximate surface area is 67.2 Å². The van der Waals surface area contributed by atoms with Crippen LogP contribution in [0.5, 0.6) is 0 Å². The standard InChI is InChI=1S/C6H10O4Si/c1-4(2)6(8)10-11-9-5(3)7/h1,11H2,2-3H3. The molecule has 0 aliphatic heterocycles. The van der Waals surface area contributed by atoms with Gasteiger partial charge in [0.25, 0.3) is 5.97 Å². The second kappa shape index (κ2) is 4.67. The molecule has 0 fully saturated rings. The minimum atomic E-state index is -1.49. The Morgan fingerprint density at radius 2 is 1.82 bits per heavy atom. The second-order valence-electron chi connectivity index (χ2n) is 1.97. The highest BCUT2D eigenvalue weighted by molar-refractivity contribution is 6.26. The third-order valence-corrected chi connectivity index (χ3v) is 1.71. The van der Waals surface area contributed by atoms with E-state index in [9.17, 15) is 9.59 Å². The average Bonchev–Trinajstić information content (AvgIpc) is 1.86. The molecular formula is C6H10O4Si. The minimum Gasteiger partial charge on any atom is -0.490 e. The van der Waals surface area contributed by atoms with E-state index in [4.69, 9.17) is 0 Å². The van der Waals surface area contributed by atoms with Gasteiger partial charge >= 0.3 is 16.0 Å². The van der Waals surface area contributed by atoms with Crippen molar-refractivity contribution in [2.45, 2.75) is 13.8 Å². The SMILES string of the molecule is C=C(C)C(=O)O[SiH2]OC(C)=O. The molecule has 0 aliphatic carbocycles. The fourth-order valence-electron chi connectivity index (χ4n) is 0.289. The number of carbonyl (C=O) groups is 2. The summed E-state index contributed by atoms with van der Waals surface area (Å²) in [7, 11) is -1.49. The van der Waals surface area contributed by atoms with Gasteiger partial charge in [-0.3, -0.25) is 4.79 Å².